The van der Waals surface area contributed by atoms with Crippen molar-refractivity contribution in [2.75, 3.05) is 13.7 Å². The predicted molar refractivity (Wildman–Crippen MR) is 147 cm³/mol. The van der Waals surface area contributed by atoms with Crippen molar-refractivity contribution in [3.63, 3.8) is 0 Å². The minimum absolute atomic E-state index is 0.0854. The third-order valence-electron chi connectivity index (χ3n) is 6.61. The van der Waals surface area contributed by atoms with Gasteiger partial charge in [0.25, 0.3) is 0 Å². The molecule has 0 spiro atoms. The molecule has 0 radical (unpaired) electrons. The maximum atomic E-state index is 13.7. The first kappa shape index (κ1) is 33.7. The lowest BCUT2D eigenvalue weighted by molar-refractivity contribution is -0.00516. The van der Waals surface area contributed by atoms with Gasteiger partial charge >= 0.3 is 7.82 Å². The molecule has 6 nitrogen and oxygen atoms in total. The highest BCUT2D eigenvalue weighted by Gasteiger charge is 2.22. The van der Waals surface area contributed by atoms with E-state index in [4.69, 9.17) is 14.5 Å². The Kier molecular flexibility index (Phi) is 19.7. The third-order valence-corrected chi connectivity index (χ3v) is 7.54. The number of benzene rings is 1. The number of unbranched alkanes of at least 4 members (excludes halogenated alkanes) is 15. The minimum atomic E-state index is -4.10. The highest BCUT2D eigenvalue weighted by molar-refractivity contribution is 7.47. The van der Waals surface area contributed by atoms with Crippen molar-refractivity contribution in [3.8, 4) is 6.07 Å². The van der Waals surface area contributed by atoms with Gasteiger partial charge in [-0.3, -0.25) is 9.05 Å². The summed E-state index contributed by atoms with van der Waals surface area (Å²) in [6.07, 6.45) is 20.8. The molecule has 0 fully saturated rings. The van der Waals surface area contributed by atoms with Crippen LogP contribution in [0.1, 0.15) is 127 Å². The van der Waals surface area contributed by atoms with Crippen LogP contribution in [0.25, 0.3) is 0 Å². The molecule has 0 aliphatic rings. The topological polar surface area (TPSA) is 88.8 Å². The Morgan fingerprint density at radius 1 is 0.892 bits per heavy atom. The summed E-state index contributed by atoms with van der Waals surface area (Å²) in [4.78, 5) is 9.54. The lowest BCUT2D eigenvalue weighted by Crippen LogP contribution is -2.19. The van der Waals surface area contributed by atoms with Crippen LogP contribution >= 0.6 is 7.82 Å². The number of nitriles is 1. The molecule has 8 heteroatoms. The van der Waals surface area contributed by atoms with Crippen LogP contribution in [0, 0.1) is 17.1 Å². The molecule has 0 amide bonds. The van der Waals surface area contributed by atoms with Crippen molar-refractivity contribution < 1.29 is 27.6 Å². The molecule has 0 saturated carbocycles. The summed E-state index contributed by atoms with van der Waals surface area (Å²) in [5.74, 6) is -0.498. The van der Waals surface area contributed by atoms with E-state index in [0.29, 0.717) is 12.0 Å². The first-order chi connectivity index (χ1) is 17.9. The molecule has 0 aliphatic heterocycles. The molecule has 37 heavy (non-hydrogen) atoms. The second-order valence-corrected chi connectivity index (χ2v) is 11.5. The fourth-order valence-electron chi connectivity index (χ4n) is 4.38. The largest absolute Gasteiger partial charge is 0.472 e. The highest BCUT2D eigenvalue weighted by atomic mass is 31.2. The molecular weight excluding hydrogens is 492 g/mol. The average molecular weight is 542 g/mol. The zero-order valence-corrected chi connectivity index (χ0v) is 24.0. The lowest BCUT2D eigenvalue weighted by Gasteiger charge is -2.19. The summed E-state index contributed by atoms with van der Waals surface area (Å²) in [7, 11) is -2.99. The van der Waals surface area contributed by atoms with Crippen molar-refractivity contribution in [1.82, 2.24) is 0 Å². The van der Waals surface area contributed by atoms with E-state index in [2.05, 4.69) is 11.4 Å². The summed E-state index contributed by atoms with van der Waals surface area (Å²) in [6, 6.07) is 5.99. The summed E-state index contributed by atoms with van der Waals surface area (Å²) in [6.45, 7) is 2.25. The van der Waals surface area contributed by atoms with Gasteiger partial charge in [-0.25, -0.2) is 8.96 Å². The van der Waals surface area contributed by atoms with Crippen LogP contribution in [0.2, 0.25) is 0 Å². The molecule has 0 bridgehead atoms. The lowest BCUT2D eigenvalue weighted by atomic mass is 10.0. The quantitative estimate of drug-likeness (QED) is 0.104. The van der Waals surface area contributed by atoms with Crippen LogP contribution in [-0.4, -0.2) is 24.7 Å². The molecule has 0 heterocycles. The van der Waals surface area contributed by atoms with Gasteiger partial charge in [0.15, 0.2) is 0 Å². The smallest absolute Gasteiger partial charge is 0.371 e. The van der Waals surface area contributed by atoms with E-state index in [1.165, 1.54) is 95.6 Å². The molecule has 2 atom stereocenters. The van der Waals surface area contributed by atoms with E-state index in [1.54, 1.807) is 6.07 Å². The van der Waals surface area contributed by atoms with Crippen molar-refractivity contribution in [2.24, 2.45) is 0 Å². The molecule has 0 saturated heterocycles. The molecule has 1 rings (SSSR count). The van der Waals surface area contributed by atoms with Crippen LogP contribution in [0.5, 0.6) is 0 Å². The summed E-state index contributed by atoms with van der Waals surface area (Å²) >= 11 is 0. The van der Waals surface area contributed by atoms with E-state index in [1.807, 2.05) is 6.07 Å². The summed E-state index contributed by atoms with van der Waals surface area (Å²) in [5, 5.41) is 9.02. The first-order valence-electron chi connectivity index (χ1n) is 14.2. The molecule has 0 aliphatic carbocycles. The van der Waals surface area contributed by atoms with Crippen LogP contribution in [-0.2, 0) is 25.0 Å². The highest BCUT2D eigenvalue weighted by Crippen LogP contribution is 2.42. The number of rotatable bonds is 24. The molecule has 1 aromatic carbocycles. The number of hydrogen-bond donors (Lipinski definition) is 1. The number of halogens is 1. The number of ether oxygens (including phenoxy) is 1. The average Bonchev–Trinajstić information content (AvgIpc) is 2.89. The van der Waals surface area contributed by atoms with Crippen molar-refractivity contribution in [3.05, 3.63) is 35.1 Å². The number of nitrogens with zero attached hydrogens (tertiary/aromatic N) is 1. The number of hydrogen-bond acceptors (Lipinski definition) is 5. The van der Waals surface area contributed by atoms with Gasteiger partial charge in [0, 0.05) is 7.11 Å². The van der Waals surface area contributed by atoms with E-state index < -0.39 is 19.7 Å². The van der Waals surface area contributed by atoms with E-state index in [0.717, 1.165) is 26.4 Å². The van der Waals surface area contributed by atoms with E-state index in [-0.39, 0.29) is 18.8 Å². The molecule has 1 unspecified atom stereocenters. The number of phosphoric ester groups is 1. The van der Waals surface area contributed by atoms with Crippen molar-refractivity contribution in [1.29, 1.82) is 5.26 Å². The van der Waals surface area contributed by atoms with Crippen LogP contribution in [0.3, 0.4) is 0 Å². The number of phosphoric acid groups is 1. The Bertz CT molecular complexity index is 801. The fraction of sp³-hybridized carbons (Fsp3) is 0.759. The molecule has 1 N–H and O–H groups in total. The second-order valence-electron chi connectivity index (χ2n) is 9.93. The summed E-state index contributed by atoms with van der Waals surface area (Å²) < 4.78 is 40.7. The Labute approximate surface area is 224 Å². The Balaban J connectivity index is 2.19. The third kappa shape index (κ3) is 18.6. The van der Waals surface area contributed by atoms with Gasteiger partial charge in [-0.15, -0.1) is 0 Å². The standard InChI is InChI=1S/C29H49FNO5P/c1-3-4-5-6-7-8-9-10-11-12-13-14-15-16-17-18-19-29(25-36-37(32,33)34-2)35-24-27-20-26(23-31)21-28(30)22-27/h20-22,29H,3-19,24-25H2,1-2H3,(H,32,33)/t29-/m1/s1. The van der Waals surface area contributed by atoms with Gasteiger partial charge in [0.05, 0.1) is 31.0 Å². The molecule has 0 aromatic heterocycles. The zero-order valence-electron chi connectivity index (χ0n) is 23.1. The Hall–Kier alpha value is -1.29. The molecule has 1 aromatic rings. The zero-order chi connectivity index (χ0) is 27.2. The maximum absolute atomic E-state index is 13.7. The Morgan fingerprint density at radius 2 is 1.41 bits per heavy atom. The van der Waals surface area contributed by atoms with Gasteiger partial charge in [0.2, 0.25) is 0 Å². The van der Waals surface area contributed by atoms with Gasteiger partial charge in [-0.2, -0.15) is 5.26 Å². The van der Waals surface area contributed by atoms with Gasteiger partial charge < -0.3 is 9.63 Å². The normalized spacial score (nSPS) is 13.8. The summed E-state index contributed by atoms with van der Waals surface area (Å²) in [5.41, 5.74) is 0.760. The second kappa shape index (κ2) is 21.6. The Morgan fingerprint density at radius 3 is 1.89 bits per heavy atom. The SMILES string of the molecule is CCCCCCCCCCCCCCCCCC[C@H](COP(=O)(O)OC)OCc1cc(F)cc(C#N)c1. The van der Waals surface area contributed by atoms with Crippen LogP contribution < -0.4 is 0 Å². The van der Waals surface area contributed by atoms with Gasteiger partial charge in [-0.1, -0.05) is 110 Å². The first-order valence-corrected chi connectivity index (χ1v) is 15.7. The van der Waals surface area contributed by atoms with Crippen molar-refractivity contribution in [2.45, 2.75) is 129 Å². The van der Waals surface area contributed by atoms with E-state index in [9.17, 15) is 13.8 Å². The maximum Gasteiger partial charge on any atom is 0.472 e. The van der Waals surface area contributed by atoms with Crippen LogP contribution in [0.15, 0.2) is 18.2 Å². The molecular formula is C29H49FNO5P. The van der Waals surface area contributed by atoms with Gasteiger partial charge in [-0.05, 0) is 30.2 Å². The van der Waals surface area contributed by atoms with Crippen molar-refractivity contribution >= 4 is 7.82 Å². The molecule has 212 valence electrons. The van der Waals surface area contributed by atoms with E-state index >= 15 is 0 Å². The minimum Gasteiger partial charge on any atom is -0.371 e. The van der Waals surface area contributed by atoms with Crippen LogP contribution in [0.4, 0.5) is 4.39 Å². The predicted octanol–water partition coefficient (Wildman–Crippen LogP) is 9.00. The monoisotopic (exact) mass is 541 g/mol. The van der Waals surface area contributed by atoms with Gasteiger partial charge in [0.1, 0.15) is 5.82 Å². The fourth-order valence-corrected chi connectivity index (χ4v) is 4.84.